The minimum absolute atomic E-state index is 0.101. The van der Waals surface area contributed by atoms with E-state index in [2.05, 4.69) is 5.32 Å². The van der Waals surface area contributed by atoms with Gasteiger partial charge >= 0.3 is 0 Å². The summed E-state index contributed by atoms with van der Waals surface area (Å²) < 4.78 is 28.3. The number of pyridine rings is 1. The number of halogens is 1. The van der Waals surface area contributed by atoms with Crippen molar-refractivity contribution in [3.8, 4) is 0 Å². The zero-order valence-corrected chi connectivity index (χ0v) is 16.6. The van der Waals surface area contributed by atoms with Gasteiger partial charge in [-0.3, -0.25) is 4.79 Å². The Morgan fingerprint density at radius 3 is 2.35 bits per heavy atom. The van der Waals surface area contributed by atoms with Crippen molar-refractivity contribution in [3.63, 3.8) is 0 Å². The molecule has 1 amide bonds. The lowest BCUT2D eigenvalue weighted by molar-refractivity contribution is -0.684. The molecule has 2 aromatic rings. The predicted molar refractivity (Wildman–Crippen MR) is 102 cm³/mol. The van der Waals surface area contributed by atoms with Crippen LogP contribution in [0.15, 0.2) is 47.6 Å². The van der Waals surface area contributed by atoms with E-state index < -0.39 is 10.0 Å². The number of aryl methyl sites for hydroxylation is 1. The number of nitrogens with one attached hydrogen (secondary N) is 1. The minimum atomic E-state index is -3.62. The molecule has 8 heteroatoms. The first-order valence-corrected chi connectivity index (χ1v) is 10.1. The maximum absolute atomic E-state index is 12.6. The fourth-order valence-electron chi connectivity index (χ4n) is 2.47. The van der Waals surface area contributed by atoms with Crippen LogP contribution in [-0.2, 0) is 21.4 Å². The van der Waals surface area contributed by atoms with Crippen LogP contribution in [0.4, 0.5) is 5.69 Å². The van der Waals surface area contributed by atoms with E-state index in [1.807, 2.05) is 19.1 Å². The Morgan fingerprint density at radius 1 is 1.15 bits per heavy atom. The lowest BCUT2D eigenvalue weighted by Crippen LogP contribution is -2.39. The van der Waals surface area contributed by atoms with E-state index in [9.17, 15) is 13.2 Å². The molecule has 26 heavy (non-hydrogen) atoms. The lowest BCUT2D eigenvalue weighted by Gasteiger charge is -2.19. The Balaban J connectivity index is 2.21. The molecule has 0 aliphatic rings. The molecule has 0 aliphatic carbocycles. The molecule has 140 valence electrons. The van der Waals surface area contributed by atoms with E-state index in [-0.39, 0.29) is 28.1 Å². The van der Waals surface area contributed by atoms with E-state index in [0.717, 1.165) is 5.56 Å². The van der Waals surface area contributed by atoms with E-state index >= 15 is 0 Å². The topological polar surface area (TPSA) is 70.4 Å². The third-order valence-corrected chi connectivity index (χ3v) is 6.31. The van der Waals surface area contributed by atoms with Crippen molar-refractivity contribution in [1.82, 2.24) is 4.31 Å². The molecule has 0 aliphatic heterocycles. The standard InChI is InChI=1S/C18H22ClN3O3S/c1-4-22(5-2)26(24,25)15-6-7-16(19)17(12-15)20-18(23)13-21-10-8-14(3)9-11-21/h6-12H,4-5,13H2,1-3H3/p+1. The second-order valence-corrected chi connectivity index (χ2v) is 8.17. The largest absolute Gasteiger partial charge is 0.319 e. The highest BCUT2D eigenvalue weighted by molar-refractivity contribution is 7.89. The fourth-order valence-corrected chi connectivity index (χ4v) is 4.12. The predicted octanol–water partition coefficient (Wildman–Crippen LogP) is 2.61. The minimum Gasteiger partial charge on any atom is -0.319 e. The summed E-state index contributed by atoms with van der Waals surface area (Å²) in [5.41, 5.74) is 1.37. The third kappa shape index (κ3) is 4.81. The number of amides is 1. The Bertz CT molecular complexity index is 879. The summed E-state index contributed by atoms with van der Waals surface area (Å²) in [6.45, 7) is 6.35. The highest BCUT2D eigenvalue weighted by atomic mass is 35.5. The monoisotopic (exact) mass is 396 g/mol. The van der Waals surface area contributed by atoms with Gasteiger partial charge in [0.2, 0.25) is 16.6 Å². The van der Waals surface area contributed by atoms with Crippen LogP contribution >= 0.6 is 11.6 Å². The Morgan fingerprint density at radius 2 is 1.77 bits per heavy atom. The maximum atomic E-state index is 12.6. The molecule has 2 rings (SSSR count). The molecule has 0 radical (unpaired) electrons. The van der Waals surface area contributed by atoms with Crippen LogP contribution in [0.25, 0.3) is 0 Å². The molecule has 0 spiro atoms. The van der Waals surface area contributed by atoms with E-state index in [0.29, 0.717) is 13.1 Å². The molecule has 0 fully saturated rings. The van der Waals surface area contributed by atoms with Crippen LogP contribution in [-0.4, -0.2) is 31.7 Å². The van der Waals surface area contributed by atoms with Gasteiger partial charge in [0.1, 0.15) is 0 Å². The quantitative estimate of drug-likeness (QED) is 0.731. The van der Waals surface area contributed by atoms with Gasteiger partial charge in [-0.25, -0.2) is 8.42 Å². The Labute approximate surface area is 159 Å². The number of sulfonamides is 1. The molecule has 1 aromatic carbocycles. The SMILES string of the molecule is CCN(CC)S(=O)(=O)c1ccc(Cl)c(NC(=O)C[n+]2ccc(C)cc2)c1. The molecule has 1 aromatic heterocycles. The van der Waals surface area contributed by atoms with E-state index in [4.69, 9.17) is 11.6 Å². The second-order valence-electron chi connectivity index (χ2n) is 5.83. The molecule has 1 heterocycles. The second kappa shape index (κ2) is 8.62. The summed E-state index contributed by atoms with van der Waals surface area (Å²) in [7, 11) is -3.62. The first-order chi connectivity index (χ1) is 12.3. The molecule has 0 atom stereocenters. The van der Waals surface area contributed by atoms with Gasteiger partial charge in [0.15, 0.2) is 12.4 Å². The van der Waals surface area contributed by atoms with Gasteiger partial charge in [0, 0.05) is 25.2 Å². The van der Waals surface area contributed by atoms with Crippen LogP contribution in [0, 0.1) is 6.92 Å². The van der Waals surface area contributed by atoms with Gasteiger partial charge in [-0.1, -0.05) is 25.4 Å². The average molecular weight is 397 g/mol. The molecule has 0 bridgehead atoms. The van der Waals surface area contributed by atoms with Gasteiger partial charge < -0.3 is 5.32 Å². The van der Waals surface area contributed by atoms with Crippen molar-refractivity contribution < 1.29 is 17.8 Å². The molecule has 0 unspecified atom stereocenters. The molecule has 6 nitrogen and oxygen atoms in total. The van der Waals surface area contributed by atoms with Gasteiger partial charge in [-0.05, 0) is 30.7 Å². The van der Waals surface area contributed by atoms with Gasteiger partial charge in [0.25, 0.3) is 5.91 Å². The number of hydrogen-bond donors (Lipinski definition) is 1. The Kier molecular flexibility index (Phi) is 6.75. The van der Waals surface area contributed by atoms with Crippen molar-refractivity contribution >= 4 is 33.2 Å². The van der Waals surface area contributed by atoms with Crippen molar-refractivity contribution in [2.75, 3.05) is 18.4 Å². The molecule has 0 saturated heterocycles. The van der Waals surface area contributed by atoms with Crippen LogP contribution < -0.4 is 9.88 Å². The maximum Gasteiger partial charge on any atom is 0.290 e. The van der Waals surface area contributed by atoms with Gasteiger partial charge in [-0.15, -0.1) is 0 Å². The smallest absolute Gasteiger partial charge is 0.290 e. The number of aromatic nitrogens is 1. The van der Waals surface area contributed by atoms with Crippen molar-refractivity contribution in [2.45, 2.75) is 32.2 Å². The van der Waals surface area contributed by atoms with Crippen LogP contribution in [0.5, 0.6) is 0 Å². The van der Waals surface area contributed by atoms with Crippen LogP contribution in [0.1, 0.15) is 19.4 Å². The normalized spacial score (nSPS) is 11.6. The molecular weight excluding hydrogens is 374 g/mol. The molecule has 1 N–H and O–H groups in total. The van der Waals surface area contributed by atoms with Crippen molar-refractivity contribution in [1.29, 1.82) is 0 Å². The highest BCUT2D eigenvalue weighted by Crippen LogP contribution is 2.27. The first-order valence-electron chi connectivity index (χ1n) is 8.33. The summed E-state index contributed by atoms with van der Waals surface area (Å²) in [4.78, 5) is 12.4. The van der Waals surface area contributed by atoms with Crippen LogP contribution in [0.2, 0.25) is 5.02 Å². The zero-order valence-electron chi connectivity index (χ0n) is 15.1. The van der Waals surface area contributed by atoms with E-state index in [1.165, 1.54) is 22.5 Å². The van der Waals surface area contributed by atoms with Gasteiger partial charge in [0.05, 0.1) is 15.6 Å². The number of benzene rings is 1. The third-order valence-electron chi connectivity index (χ3n) is 3.94. The summed E-state index contributed by atoms with van der Waals surface area (Å²) in [6.07, 6.45) is 3.61. The highest BCUT2D eigenvalue weighted by Gasteiger charge is 2.23. The molecule has 0 saturated carbocycles. The van der Waals surface area contributed by atoms with Crippen LogP contribution in [0.3, 0.4) is 0 Å². The molecular formula is C18H23ClN3O3S+. The summed E-state index contributed by atoms with van der Waals surface area (Å²) in [5, 5.41) is 2.97. The number of hydrogen-bond acceptors (Lipinski definition) is 3. The average Bonchev–Trinajstić information content (AvgIpc) is 2.59. The fraction of sp³-hybridized carbons (Fsp3) is 0.333. The summed E-state index contributed by atoms with van der Waals surface area (Å²) >= 11 is 6.13. The summed E-state index contributed by atoms with van der Waals surface area (Å²) in [6, 6.07) is 8.12. The first kappa shape index (κ1) is 20.4. The number of carbonyl (C=O) groups excluding carboxylic acids is 1. The number of rotatable bonds is 7. The number of carbonyl (C=O) groups is 1. The lowest BCUT2D eigenvalue weighted by atomic mass is 10.3. The van der Waals surface area contributed by atoms with E-state index in [1.54, 1.807) is 30.8 Å². The van der Waals surface area contributed by atoms with Crippen molar-refractivity contribution in [2.24, 2.45) is 0 Å². The summed E-state index contributed by atoms with van der Waals surface area (Å²) in [5.74, 6) is -0.293. The number of nitrogens with zero attached hydrogens (tertiary/aromatic N) is 2. The number of anilines is 1. The van der Waals surface area contributed by atoms with Gasteiger partial charge in [-0.2, -0.15) is 8.87 Å². The zero-order chi connectivity index (χ0) is 19.3. The Hall–Kier alpha value is -1.96. The van der Waals surface area contributed by atoms with Crippen molar-refractivity contribution in [3.05, 3.63) is 53.3 Å².